The highest BCUT2D eigenvalue weighted by atomic mass is 79.9. The van der Waals surface area contributed by atoms with E-state index in [4.69, 9.17) is 0 Å². The third-order valence-corrected chi connectivity index (χ3v) is 4.17. The van der Waals surface area contributed by atoms with Crippen molar-refractivity contribution in [1.82, 2.24) is 19.7 Å². The van der Waals surface area contributed by atoms with Crippen LogP contribution in [-0.2, 0) is 13.1 Å². The highest BCUT2D eigenvalue weighted by Gasteiger charge is 2.14. The van der Waals surface area contributed by atoms with Gasteiger partial charge in [0.1, 0.15) is 5.69 Å². The van der Waals surface area contributed by atoms with Crippen molar-refractivity contribution in [3.8, 4) is 11.3 Å². The predicted octanol–water partition coefficient (Wildman–Crippen LogP) is 4.67. The number of benzene rings is 1. The zero-order chi connectivity index (χ0) is 17.8. The van der Waals surface area contributed by atoms with Crippen LogP contribution in [0, 0.1) is 0 Å². The van der Waals surface area contributed by atoms with Gasteiger partial charge in [0, 0.05) is 22.8 Å². The zero-order valence-corrected chi connectivity index (χ0v) is 15.0. The maximum absolute atomic E-state index is 13.2. The van der Waals surface area contributed by atoms with Gasteiger partial charge in [0.2, 0.25) is 5.95 Å². The topological polar surface area (TPSA) is 55.6 Å². The maximum atomic E-state index is 13.2. The molecule has 3 rings (SSSR count). The fraction of sp³-hybridized carbons (Fsp3) is 0.235. The van der Waals surface area contributed by atoms with Gasteiger partial charge in [0.15, 0.2) is 0 Å². The summed E-state index contributed by atoms with van der Waals surface area (Å²) in [5.41, 5.74) is 1.82. The number of halogens is 3. The molecule has 0 fully saturated rings. The van der Waals surface area contributed by atoms with Gasteiger partial charge in [-0.2, -0.15) is 5.10 Å². The van der Waals surface area contributed by atoms with Gasteiger partial charge >= 0.3 is 0 Å². The first kappa shape index (κ1) is 17.5. The molecule has 5 nitrogen and oxygen atoms in total. The minimum Gasteiger partial charge on any atom is -0.349 e. The van der Waals surface area contributed by atoms with E-state index in [1.54, 1.807) is 6.20 Å². The Morgan fingerprint density at radius 2 is 1.92 bits per heavy atom. The molecule has 0 saturated carbocycles. The van der Waals surface area contributed by atoms with Crippen molar-refractivity contribution < 1.29 is 8.78 Å². The van der Waals surface area contributed by atoms with Gasteiger partial charge in [-0.3, -0.25) is 4.68 Å². The first-order chi connectivity index (χ1) is 12.1. The molecule has 3 aromatic rings. The summed E-state index contributed by atoms with van der Waals surface area (Å²) >= 11 is 3.36. The number of alkyl halides is 2. The van der Waals surface area contributed by atoms with E-state index in [2.05, 4.69) is 36.3 Å². The molecule has 2 heterocycles. The molecule has 0 saturated heterocycles. The van der Waals surface area contributed by atoms with Crippen LogP contribution in [0.4, 0.5) is 14.7 Å². The van der Waals surface area contributed by atoms with E-state index in [0.717, 1.165) is 22.3 Å². The van der Waals surface area contributed by atoms with E-state index >= 15 is 0 Å². The summed E-state index contributed by atoms with van der Waals surface area (Å²) in [5.74, 6) is 0.166. The van der Waals surface area contributed by atoms with Crippen molar-refractivity contribution in [1.29, 1.82) is 0 Å². The molecule has 0 aliphatic carbocycles. The smallest absolute Gasteiger partial charge is 0.280 e. The lowest BCUT2D eigenvalue weighted by atomic mass is 10.1. The van der Waals surface area contributed by atoms with Crippen LogP contribution >= 0.6 is 15.9 Å². The molecule has 0 bridgehead atoms. The monoisotopic (exact) mass is 407 g/mol. The van der Waals surface area contributed by atoms with E-state index in [1.807, 2.05) is 41.9 Å². The lowest BCUT2D eigenvalue weighted by molar-refractivity contribution is 0.146. The van der Waals surface area contributed by atoms with Crippen LogP contribution in [0.25, 0.3) is 11.3 Å². The predicted molar refractivity (Wildman–Crippen MR) is 95.4 cm³/mol. The molecule has 0 spiro atoms. The average Bonchev–Trinajstić information content (AvgIpc) is 3.08. The van der Waals surface area contributed by atoms with Gasteiger partial charge < -0.3 is 5.32 Å². The second kappa shape index (κ2) is 7.69. The Kier molecular flexibility index (Phi) is 5.37. The minimum absolute atomic E-state index is 0.166. The van der Waals surface area contributed by atoms with Crippen LogP contribution < -0.4 is 5.32 Å². The van der Waals surface area contributed by atoms with Crippen molar-refractivity contribution in [3.05, 3.63) is 58.5 Å². The van der Waals surface area contributed by atoms with Crippen LogP contribution in [0.3, 0.4) is 0 Å². The Balaban J connectivity index is 1.89. The molecule has 0 amide bonds. The SMILES string of the molecule is CCn1nccc1CNc1nc(-c2ccc(Br)cc2)cc(C(F)F)n1. The number of hydrogen-bond acceptors (Lipinski definition) is 4. The lowest BCUT2D eigenvalue weighted by Gasteiger charge is -2.10. The molecule has 0 atom stereocenters. The average molecular weight is 408 g/mol. The number of rotatable bonds is 6. The first-order valence-corrected chi connectivity index (χ1v) is 8.53. The molecule has 0 radical (unpaired) electrons. The summed E-state index contributed by atoms with van der Waals surface area (Å²) in [4.78, 5) is 8.29. The number of nitrogens with zero attached hydrogens (tertiary/aromatic N) is 4. The van der Waals surface area contributed by atoms with E-state index in [9.17, 15) is 8.78 Å². The molecule has 0 aliphatic heterocycles. The summed E-state index contributed by atoms with van der Waals surface area (Å²) < 4.78 is 29.1. The summed E-state index contributed by atoms with van der Waals surface area (Å²) in [6, 6.07) is 10.5. The van der Waals surface area contributed by atoms with Crippen LogP contribution in [0.5, 0.6) is 0 Å². The molecular formula is C17H16BrF2N5. The molecule has 0 aliphatic rings. The highest BCUT2D eigenvalue weighted by Crippen LogP contribution is 2.25. The molecule has 25 heavy (non-hydrogen) atoms. The third-order valence-electron chi connectivity index (χ3n) is 3.64. The van der Waals surface area contributed by atoms with E-state index in [0.29, 0.717) is 12.2 Å². The Bertz CT molecular complexity index is 848. The molecule has 0 unspecified atom stereocenters. The molecular weight excluding hydrogens is 392 g/mol. The minimum atomic E-state index is -2.67. The Morgan fingerprint density at radius 3 is 2.60 bits per heavy atom. The fourth-order valence-electron chi connectivity index (χ4n) is 2.39. The van der Waals surface area contributed by atoms with Gasteiger partial charge in [-0.15, -0.1) is 0 Å². The normalized spacial score (nSPS) is 11.1. The quantitative estimate of drug-likeness (QED) is 0.644. The largest absolute Gasteiger partial charge is 0.349 e. The van der Waals surface area contributed by atoms with Crippen molar-refractivity contribution in [2.45, 2.75) is 26.4 Å². The van der Waals surface area contributed by atoms with Gasteiger partial charge in [0.25, 0.3) is 6.43 Å². The maximum Gasteiger partial charge on any atom is 0.280 e. The second-order valence-electron chi connectivity index (χ2n) is 5.30. The van der Waals surface area contributed by atoms with Crippen LogP contribution in [-0.4, -0.2) is 19.7 Å². The van der Waals surface area contributed by atoms with Gasteiger partial charge in [-0.1, -0.05) is 28.1 Å². The number of aromatic nitrogens is 4. The summed E-state index contributed by atoms with van der Waals surface area (Å²) in [6.45, 7) is 3.11. The number of anilines is 1. The molecule has 2 aromatic heterocycles. The number of aryl methyl sites for hydroxylation is 1. The lowest BCUT2D eigenvalue weighted by Crippen LogP contribution is -2.10. The van der Waals surface area contributed by atoms with Crippen molar-refractivity contribution in [3.63, 3.8) is 0 Å². The summed E-state index contributed by atoms with van der Waals surface area (Å²) in [6.07, 6.45) is -0.969. The van der Waals surface area contributed by atoms with Gasteiger partial charge in [-0.05, 0) is 31.2 Å². The molecule has 8 heteroatoms. The van der Waals surface area contributed by atoms with E-state index < -0.39 is 6.43 Å². The summed E-state index contributed by atoms with van der Waals surface area (Å²) in [5, 5.41) is 7.19. The van der Waals surface area contributed by atoms with Crippen molar-refractivity contribution in [2.24, 2.45) is 0 Å². The van der Waals surface area contributed by atoms with Crippen molar-refractivity contribution >= 4 is 21.9 Å². The highest BCUT2D eigenvalue weighted by molar-refractivity contribution is 9.10. The molecule has 1 aromatic carbocycles. The Morgan fingerprint density at radius 1 is 1.16 bits per heavy atom. The van der Waals surface area contributed by atoms with E-state index in [1.165, 1.54) is 6.07 Å². The van der Waals surface area contributed by atoms with Crippen molar-refractivity contribution in [2.75, 3.05) is 5.32 Å². The van der Waals surface area contributed by atoms with Crippen LogP contribution in [0.1, 0.15) is 24.7 Å². The number of hydrogen-bond donors (Lipinski definition) is 1. The van der Waals surface area contributed by atoms with Crippen LogP contribution in [0.2, 0.25) is 0 Å². The summed E-state index contributed by atoms with van der Waals surface area (Å²) in [7, 11) is 0. The fourth-order valence-corrected chi connectivity index (χ4v) is 2.65. The zero-order valence-electron chi connectivity index (χ0n) is 13.5. The molecule has 130 valence electrons. The second-order valence-corrected chi connectivity index (χ2v) is 6.22. The standard InChI is InChI=1S/C17H16BrF2N5/c1-2-25-13(7-8-22-25)10-21-17-23-14(9-15(24-17)16(19)20)11-3-5-12(18)6-4-11/h3-9,16H,2,10H2,1H3,(H,21,23,24). The Labute approximate surface area is 152 Å². The van der Waals surface area contributed by atoms with Gasteiger partial charge in [-0.25, -0.2) is 18.7 Å². The van der Waals surface area contributed by atoms with E-state index in [-0.39, 0.29) is 11.6 Å². The third kappa shape index (κ3) is 4.19. The molecule has 1 N–H and O–H groups in total. The Hall–Kier alpha value is -2.35. The van der Waals surface area contributed by atoms with Gasteiger partial charge in [0.05, 0.1) is 17.9 Å². The first-order valence-electron chi connectivity index (χ1n) is 7.74. The number of nitrogens with one attached hydrogen (secondary N) is 1. The van der Waals surface area contributed by atoms with Crippen LogP contribution in [0.15, 0.2) is 47.1 Å².